The number of nitrogens with one attached hydrogen (secondary N) is 1. The lowest BCUT2D eigenvalue weighted by Gasteiger charge is -2.28. The predicted molar refractivity (Wildman–Crippen MR) is 136 cm³/mol. The van der Waals surface area contributed by atoms with Crippen molar-refractivity contribution in [3.05, 3.63) is 72.7 Å². The van der Waals surface area contributed by atoms with Crippen LogP contribution in [-0.4, -0.2) is 41.1 Å². The summed E-state index contributed by atoms with van der Waals surface area (Å²) >= 11 is 0. The number of anilines is 1. The summed E-state index contributed by atoms with van der Waals surface area (Å²) < 4.78 is 10.9. The normalized spacial score (nSPS) is 14.2. The smallest absolute Gasteiger partial charge is 0.162 e. The van der Waals surface area contributed by atoms with Gasteiger partial charge in [0.25, 0.3) is 0 Å². The zero-order chi connectivity index (χ0) is 23.2. The first-order valence-corrected chi connectivity index (χ1v) is 12.2. The summed E-state index contributed by atoms with van der Waals surface area (Å²) in [7, 11) is 1.67. The monoisotopic (exact) mass is 456 g/mol. The minimum atomic E-state index is 0.659. The van der Waals surface area contributed by atoms with Gasteiger partial charge in [-0.2, -0.15) is 0 Å². The number of ether oxygens (including phenoxy) is 1. The zero-order valence-electron chi connectivity index (χ0n) is 19.7. The molecule has 0 amide bonds. The van der Waals surface area contributed by atoms with Crippen LogP contribution in [-0.2, 0) is 6.54 Å². The number of benzene rings is 2. The van der Waals surface area contributed by atoms with Crippen molar-refractivity contribution in [2.75, 3.05) is 25.5 Å². The van der Waals surface area contributed by atoms with Crippen LogP contribution in [0.25, 0.3) is 22.3 Å². The Bertz CT molecular complexity index is 1180. The van der Waals surface area contributed by atoms with Crippen LogP contribution in [0.5, 0.6) is 5.75 Å². The molecular formula is C28H32N4O2. The Kier molecular flexibility index (Phi) is 7.05. The molecule has 0 aliphatic heterocycles. The SMILES string of the molecule is COc1ccc(-c2nc(NCCCN(Cc3ccco3)C3CCCC3)c3ccccc3n2)cc1. The Morgan fingerprint density at radius 2 is 1.82 bits per heavy atom. The number of methoxy groups -OCH3 is 1. The van der Waals surface area contributed by atoms with Crippen molar-refractivity contribution in [1.29, 1.82) is 0 Å². The second-order valence-corrected chi connectivity index (χ2v) is 8.91. The highest BCUT2D eigenvalue weighted by Gasteiger charge is 2.23. The van der Waals surface area contributed by atoms with Crippen LogP contribution in [0.15, 0.2) is 71.3 Å². The van der Waals surface area contributed by atoms with E-state index in [-0.39, 0.29) is 0 Å². The van der Waals surface area contributed by atoms with E-state index in [0.717, 1.165) is 59.8 Å². The molecule has 1 aliphatic rings. The molecule has 34 heavy (non-hydrogen) atoms. The number of fused-ring (bicyclic) bond motifs is 1. The van der Waals surface area contributed by atoms with Gasteiger partial charge in [-0.3, -0.25) is 4.90 Å². The molecule has 1 saturated carbocycles. The summed E-state index contributed by atoms with van der Waals surface area (Å²) in [4.78, 5) is 12.3. The van der Waals surface area contributed by atoms with Crippen molar-refractivity contribution in [3.8, 4) is 17.1 Å². The third-order valence-corrected chi connectivity index (χ3v) is 6.65. The molecule has 2 aromatic carbocycles. The molecule has 0 unspecified atom stereocenters. The quantitative estimate of drug-likeness (QED) is 0.289. The van der Waals surface area contributed by atoms with E-state index in [0.29, 0.717) is 11.9 Å². The van der Waals surface area contributed by atoms with Crippen molar-refractivity contribution in [2.24, 2.45) is 0 Å². The molecule has 0 atom stereocenters. The fraction of sp³-hybridized carbons (Fsp3) is 0.357. The molecule has 6 heteroatoms. The number of para-hydroxylation sites is 1. The molecule has 0 saturated heterocycles. The molecular weight excluding hydrogens is 424 g/mol. The number of nitrogens with zero attached hydrogens (tertiary/aromatic N) is 3. The van der Waals surface area contributed by atoms with Crippen LogP contribution in [0.4, 0.5) is 5.82 Å². The Balaban J connectivity index is 1.28. The van der Waals surface area contributed by atoms with E-state index in [1.165, 1.54) is 25.7 Å². The van der Waals surface area contributed by atoms with Gasteiger partial charge in [-0.25, -0.2) is 9.97 Å². The highest BCUT2D eigenvalue weighted by molar-refractivity contribution is 5.90. The number of furan rings is 1. The summed E-state index contributed by atoms with van der Waals surface area (Å²) in [5.74, 6) is 3.47. The molecule has 5 rings (SSSR count). The van der Waals surface area contributed by atoms with Gasteiger partial charge in [0, 0.05) is 30.1 Å². The van der Waals surface area contributed by atoms with Crippen LogP contribution in [0.2, 0.25) is 0 Å². The largest absolute Gasteiger partial charge is 0.497 e. The van der Waals surface area contributed by atoms with Crippen LogP contribution in [0, 0.1) is 0 Å². The van der Waals surface area contributed by atoms with Gasteiger partial charge >= 0.3 is 0 Å². The lowest BCUT2D eigenvalue weighted by molar-refractivity contribution is 0.175. The molecule has 0 spiro atoms. The summed E-state index contributed by atoms with van der Waals surface area (Å²) in [5, 5.41) is 4.64. The molecule has 1 aliphatic carbocycles. The van der Waals surface area contributed by atoms with E-state index >= 15 is 0 Å². The van der Waals surface area contributed by atoms with Gasteiger partial charge in [-0.1, -0.05) is 25.0 Å². The third-order valence-electron chi connectivity index (χ3n) is 6.65. The second kappa shape index (κ2) is 10.7. The van der Waals surface area contributed by atoms with Crippen LogP contribution in [0.1, 0.15) is 37.9 Å². The maximum atomic E-state index is 5.64. The van der Waals surface area contributed by atoms with E-state index in [1.807, 2.05) is 48.5 Å². The van der Waals surface area contributed by atoms with Crippen LogP contribution >= 0.6 is 0 Å². The molecule has 0 bridgehead atoms. The minimum Gasteiger partial charge on any atom is -0.497 e. The lowest BCUT2D eigenvalue weighted by atomic mass is 10.1. The van der Waals surface area contributed by atoms with Gasteiger partial charge < -0.3 is 14.5 Å². The number of hydrogen-bond donors (Lipinski definition) is 1. The summed E-state index contributed by atoms with van der Waals surface area (Å²) in [6.45, 7) is 2.77. The first-order chi connectivity index (χ1) is 16.8. The van der Waals surface area contributed by atoms with E-state index < -0.39 is 0 Å². The first kappa shape index (κ1) is 22.4. The topological polar surface area (TPSA) is 63.4 Å². The Hall–Kier alpha value is -3.38. The average molecular weight is 457 g/mol. The van der Waals surface area contributed by atoms with Crippen LogP contribution < -0.4 is 10.1 Å². The number of hydrogen-bond acceptors (Lipinski definition) is 6. The minimum absolute atomic E-state index is 0.659. The fourth-order valence-corrected chi connectivity index (χ4v) is 4.83. The van der Waals surface area contributed by atoms with Gasteiger partial charge in [-0.15, -0.1) is 0 Å². The Labute approximate surface area is 201 Å². The summed E-state index contributed by atoms with van der Waals surface area (Å²) in [5.41, 5.74) is 1.91. The zero-order valence-corrected chi connectivity index (χ0v) is 19.7. The lowest BCUT2D eigenvalue weighted by Crippen LogP contribution is -2.34. The highest BCUT2D eigenvalue weighted by Crippen LogP contribution is 2.27. The van der Waals surface area contributed by atoms with Crippen molar-refractivity contribution < 1.29 is 9.15 Å². The van der Waals surface area contributed by atoms with E-state index in [9.17, 15) is 0 Å². The van der Waals surface area contributed by atoms with Crippen LogP contribution in [0.3, 0.4) is 0 Å². The molecule has 176 valence electrons. The maximum absolute atomic E-state index is 5.64. The van der Waals surface area contributed by atoms with Gasteiger partial charge in [0.1, 0.15) is 17.3 Å². The average Bonchev–Trinajstić information content (AvgIpc) is 3.60. The van der Waals surface area contributed by atoms with Gasteiger partial charge in [0.15, 0.2) is 5.82 Å². The summed E-state index contributed by atoms with van der Waals surface area (Å²) in [6.07, 6.45) is 8.04. The molecule has 2 aromatic heterocycles. The van der Waals surface area contributed by atoms with Crippen molar-refractivity contribution in [3.63, 3.8) is 0 Å². The van der Waals surface area contributed by atoms with Gasteiger partial charge in [-0.05, 0) is 67.8 Å². The van der Waals surface area contributed by atoms with Crippen molar-refractivity contribution in [1.82, 2.24) is 14.9 Å². The molecule has 1 N–H and O–H groups in total. The number of rotatable bonds is 10. The van der Waals surface area contributed by atoms with Gasteiger partial charge in [0.05, 0.1) is 25.4 Å². The third kappa shape index (κ3) is 5.23. The fourth-order valence-electron chi connectivity index (χ4n) is 4.83. The predicted octanol–water partition coefficient (Wildman–Crippen LogP) is 6.15. The molecule has 6 nitrogen and oxygen atoms in total. The highest BCUT2D eigenvalue weighted by atomic mass is 16.5. The Morgan fingerprint density at radius 3 is 2.59 bits per heavy atom. The first-order valence-electron chi connectivity index (χ1n) is 12.2. The molecule has 0 radical (unpaired) electrons. The molecule has 2 heterocycles. The van der Waals surface area contributed by atoms with Crippen molar-refractivity contribution in [2.45, 2.75) is 44.7 Å². The van der Waals surface area contributed by atoms with Crippen molar-refractivity contribution >= 4 is 16.7 Å². The van der Waals surface area contributed by atoms with E-state index in [4.69, 9.17) is 19.1 Å². The Morgan fingerprint density at radius 1 is 1.00 bits per heavy atom. The van der Waals surface area contributed by atoms with Gasteiger partial charge in [0.2, 0.25) is 0 Å². The summed E-state index contributed by atoms with van der Waals surface area (Å²) in [6, 6.07) is 20.8. The molecule has 4 aromatic rings. The standard InChI is InChI=1S/C28H32N4O2/c1-33-23-15-13-21(14-16-23)27-30-26-12-5-4-11-25(26)28(31-27)29-17-7-18-32(22-8-2-3-9-22)20-24-10-6-19-34-24/h4-6,10-16,19,22H,2-3,7-9,17-18,20H2,1H3,(H,29,30,31). The van der Waals surface area contributed by atoms with E-state index in [1.54, 1.807) is 13.4 Å². The van der Waals surface area contributed by atoms with E-state index in [2.05, 4.69) is 22.3 Å². The molecule has 1 fully saturated rings. The number of aromatic nitrogens is 2. The maximum Gasteiger partial charge on any atom is 0.162 e. The second-order valence-electron chi connectivity index (χ2n) is 8.91.